The van der Waals surface area contributed by atoms with Gasteiger partial charge in [-0.1, -0.05) is 35.9 Å². The Morgan fingerprint density at radius 2 is 1.71 bits per heavy atom. The standard InChI is InChI=1S/C26H27ClN2O5/c1-17(34-20-8-6-7-19(27)16-20)25(30)29-22-10-5-4-9-21(22)26(31)28-14-13-18-11-12-23(32-2)24(15-18)33-3/h4-12,15-17H,13-14H2,1-3H3,(H,28,31)(H,29,30)/t17-/m1/s1. The topological polar surface area (TPSA) is 85.9 Å². The Morgan fingerprint density at radius 1 is 0.941 bits per heavy atom. The first-order valence-electron chi connectivity index (χ1n) is 10.7. The Kier molecular flexibility index (Phi) is 8.76. The molecule has 3 rings (SSSR count). The van der Waals surface area contributed by atoms with E-state index in [9.17, 15) is 9.59 Å². The lowest BCUT2D eigenvalue weighted by atomic mass is 10.1. The van der Waals surface area contributed by atoms with Crippen molar-refractivity contribution in [2.24, 2.45) is 0 Å². The fourth-order valence-corrected chi connectivity index (χ4v) is 3.45. The molecule has 0 aliphatic heterocycles. The van der Waals surface area contributed by atoms with Crippen LogP contribution in [-0.4, -0.2) is 38.7 Å². The van der Waals surface area contributed by atoms with E-state index >= 15 is 0 Å². The maximum atomic E-state index is 12.8. The van der Waals surface area contributed by atoms with Crippen molar-refractivity contribution < 1.29 is 23.8 Å². The van der Waals surface area contributed by atoms with Gasteiger partial charge < -0.3 is 24.8 Å². The molecular weight excluding hydrogens is 456 g/mol. The number of amides is 2. The molecule has 0 saturated carbocycles. The number of hydrogen-bond acceptors (Lipinski definition) is 5. The number of carbonyl (C=O) groups is 2. The van der Waals surface area contributed by atoms with Gasteiger partial charge >= 0.3 is 0 Å². The van der Waals surface area contributed by atoms with Gasteiger partial charge in [-0.2, -0.15) is 0 Å². The highest BCUT2D eigenvalue weighted by Crippen LogP contribution is 2.27. The second-order valence-corrected chi connectivity index (χ2v) is 7.88. The number of nitrogens with one attached hydrogen (secondary N) is 2. The first-order valence-corrected chi connectivity index (χ1v) is 11.1. The number of hydrogen-bond donors (Lipinski definition) is 2. The first kappa shape index (κ1) is 24.9. The smallest absolute Gasteiger partial charge is 0.265 e. The van der Waals surface area contributed by atoms with Crippen molar-refractivity contribution in [3.8, 4) is 17.2 Å². The fourth-order valence-electron chi connectivity index (χ4n) is 3.27. The number of ether oxygens (including phenoxy) is 3. The largest absolute Gasteiger partial charge is 0.493 e. The van der Waals surface area contributed by atoms with Gasteiger partial charge in [-0.05, 0) is 61.4 Å². The molecule has 3 aromatic carbocycles. The van der Waals surface area contributed by atoms with E-state index in [4.69, 9.17) is 25.8 Å². The molecule has 34 heavy (non-hydrogen) atoms. The quantitative estimate of drug-likeness (QED) is 0.436. The molecule has 0 radical (unpaired) electrons. The molecule has 0 bridgehead atoms. The SMILES string of the molecule is COc1ccc(CCNC(=O)c2ccccc2NC(=O)[C@@H](C)Oc2cccc(Cl)c2)cc1OC. The minimum Gasteiger partial charge on any atom is -0.493 e. The number of methoxy groups -OCH3 is 2. The van der Waals surface area contributed by atoms with E-state index in [1.54, 1.807) is 69.7 Å². The monoisotopic (exact) mass is 482 g/mol. The zero-order valence-electron chi connectivity index (χ0n) is 19.3. The Balaban J connectivity index is 1.59. The van der Waals surface area contributed by atoms with Gasteiger partial charge in [-0.3, -0.25) is 9.59 Å². The molecule has 0 unspecified atom stereocenters. The molecule has 2 amide bonds. The summed E-state index contributed by atoms with van der Waals surface area (Å²) in [4.78, 5) is 25.5. The van der Waals surface area contributed by atoms with Gasteiger partial charge in [0.15, 0.2) is 17.6 Å². The Morgan fingerprint density at radius 3 is 2.44 bits per heavy atom. The van der Waals surface area contributed by atoms with Crippen molar-refractivity contribution in [1.82, 2.24) is 5.32 Å². The first-order chi connectivity index (χ1) is 16.4. The molecule has 7 nitrogen and oxygen atoms in total. The molecule has 0 spiro atoms. The lowest BCUT2D eigenvalue weighted by molar-refractivity contribution is -0.122. The number of anilines is 1. The zero-order valence-corrected chi connectivity index (χ0v) is 20.0. The second-order valence-electron chi connectivity index (χ2n) is 7.45. The van der Waals surface area contributed by atoms with Crippen LogP contribution in [0.1, 0.15) is 22.8 Å². The van der Waals surface area contributed by atoms with E-state index in [0.29, 0.717) is 46.5 Å². The Labute approximate surface area is 204 Å². The number of benzene rings is 3. The number of rotatable bonds is 10. The van der Waals surface area contributed by atoms with Crippen molar-refractivity contribution in [3.05, 3.63) is 82.9 Å². The van der Waals surface area contributed by atoms with Gasteiger partial charge in [-0.25, -0.2) is 0 Å². The predicted octanol–water partition coefficient (Wildman–Crippen LogP) is 4.74. The highest BCUT2D eigenvalue weighted by atomic mass is 35.5. The van der Waals surface area contributed by atoms with Crippen LogP contribution in [0.4, 0.5) is 5.69 Å². The Bertz CT molecular complexity index is 1150. The van der Waals surface area contributed by atoms with Crippen molar-refractivity contribution in [1.29, 1.82) is 0 Å². The van der Waals surface area contributed by atoms with Gasteiger partial charge in [0.2, 0.25) is 0 Å². The average Bonchev–Trinajstić information content (AvgIpc) is 2.84. The van der Waals surface area contributed by atoms with Crippen LogP contribution in [0.3, 0.4) is 0 Å². The van der Waals surface area contributed by atoms with E-state index in [-0.39, 0.29) is 11.8 Å². The molecule has 0 heterocycles. The highest BCUT2D eigenvalue weighted by molar-refractivity contribution is 6.30. The van der Waals surface area contributed by atoms with Crippen molar-refractivity contribution >= 4 is 29.1 Å². The third-order valence-electron chi connectivity index (χ3n) is 5.05. The predicted molar refractivity (Wildman–Crippen MR) is 132 cm³/mol. The third kappa shape index (κ3) is 6.65. The van der Waals surface area contributed by atoms with Gasteiger partial charge in [0.05, 0.1) is 25.5 Å². The summed E-state index contributed by atoms with van der Waals surface area (Å²) in [5.74, 6) is 1.09. The number of halogens is 1. The molecule has 2 N–H and O–H groups in total. The molecule has 1 atom stereocenters. The van der Waals surface area contributed by atoms with Crippen LogP contribution >= 0.6 is 11.6 Å². The highest BCUT2D eigenvalue weighted by Gasteiger charge is 2.18. The molecule has 0 aliphatic rings. The minimum absolute atomic E-state index is 0.292. The maximum absolute atomic E-state index is 12.8. The van der Waals surface area contributed by atoms with Crippen molar-refractivity contribution in [3.63, 3.8) is 0 Å². The van der Waals surface area contributed by atoms with E-state index in [2.05, 4.69) is 10.6 Å². The van der Waals surface area contributed by atoms with E-state index in [1.807, 2.05) is 18.2 Å². The van der Waals surface area contributed by atoms with Crippen LogP contribution in [0.25, 0.3) is 0 Å². The van der Waals surface area contributed by atoms with Gasteiger partial charge in [0.25, 0.3) is 11.8 Å². The van der Waals surface area contributed by atoms with E-state index < -0.39 is 6.10 Å². The normalized spacial score (nSPS) is 11.3. The second kappa shape index (κ2) is 12.0. The van der Waals surface area contributed by atoms with Crippen LogP contribution in [0, 0.1) is 0 Å². The molecule has 3 aromatic rings. The summed E-state index contributed by atoms with van der Waals surface area (Å²) in [5, 5.41) is 6.18. The lowest BCUT2D eigenvalue weighted by Gasteiger charge is -2.16. The minimum atomic E-state index is -0.792. The van der Waals surface area contributed by atoms with Gasteiger partial charge in [0.1, 0.15) is 5.75 Å². The van der Waals surface area contributed by atoms with Crippen LogP contribution < -0.4 is 24.8 Å². The van der Waals surface area contributed by atoms with Crippen LogP contribution in [0.5, 0.6) is 17.2 Å². The molecule has 178 valence electrons. The summed E-state index contributed by atoms with van der Waals surface area (Å²) >= 11 is 5.97. The number of carbonyl (C=O) groups excluding carboxylic acids is 2. The zero-order chi connectivity index (χ0) is 24.5. The van der Waals surface area contributed by atoms with E-state index in [0.717, 1.165) is 5.56 Å². The third-order valence-corrected chi connectivity index (χ3v) is 5.29. The van der Waals surface area contributed by atoms with E-state index in [1.165, 1.54) is 0 Å². The summed E-state index contributed by atoms with van der Waals surface area (Å²) in [5.41, 5.74) is 1.75. The summed E-state index contributed by atoms with van der Waals surface area (Å²) in [6, 6.07) is 19.3. The molecule has 8 heteroatoms. The molecule has 0 saturated heterocycles. The van der Waals surface area contributed by atoms with Gasteiger partial charge in [-0.15, -0.1) is 0 Å². The summed E-state index contributed by atoms with van der Waals surface area (Å²) in [6.07, 6.45) is -0.190. The average molecular weight is 483 g/mol. The van der Waals surface area contributed by atoms with Crippen molar-refractivity contribution in [2.75, 3.05) is 26.1 Å². The molecule has 0 aromatic heterocycles. The van der Waals surface area contributed by atoms with Gasteiger partial charge in [0, 0.05) is 11.6 Å². The molecular formula is C26H27ClN2O5. The lowest BCUT2D eigenvalue weighted by Crippen LogP contribution is -2.32. The summed E-state index contributed by atoms with van der Waals surface area (Å²) in [7, 11) is 3.16. The number of para-hydroxylation sites is 1. The Hall–Kier alpha value is -3.71. The molecule has 0 aliphatic carbocycles. The van der Waals surface area contributed by atoms with Crippen LogP contribution in [0.2, 0.25) is 5.02 Å². The molecule has 0 fully saturated rings. The summed E-state index contributed by atoms with van der Waals surface area (Å²) in [6.45, 7) is 2.03. The maximum Gasteiger partial charge on any atom is 0.265 e. The van der Waals surface area contributed by atoms with Crippen LogP contribution in [-0.2, 0) is 11.2 Å². The summed E-state index contributed by atoms with van der Waals surface area (Å²) < 4.78 is 16.2. The fraction of sp³-hybridized carbons (Fsp3) is 0.231. The van der Waals surface area contributed by atoms with Crippen molar-refractivity contribution in [2.45, 2.75) is 19.4 Å². The van der Waals surface area contributed by atoms with Crippen LogP contribution in [0.15, 0.2) is 66.7 Å².